The van der Waals surface area contributed by atoms with Crippen LogP contribution < -0.4 is 5.32 Å². The summed E-state index contributed by atoms with van der Waals surface area (Å²) in [5.74, 6) is 0.860. The Labute approximate surface area is 126 Å². The summed E-state index contributed by atoms with van der Waals surface area (Å²) in [6.45, 7) is 4.08. The molecule has 0 radical (unpaired) electrons. The molecule has 3 rings (SSSR count). The Hall–Kier alpha value is -0.450. The normalized spacial score (nSPS) is 29.6. The molecule has 0 aliphatic heterocycles. The van der Waals surface area contributed by atoms with Crippen LogP contribution in [0, 0.1) is 5.92 Å². The van der Waals surface area contributed by atoms with Gasteiger partial charge in [-0.3, -0.25) is 0 Å². The second-order valence-corrected chi connectivity index (χ2v) is 7.51. The van der Waals surface area contributed by atoms with E-state index in [0.717, 1.165) is 19.1 Å². The summed E-state index contributed by atoms with van der Waals surface area (Å²) < 4.78 is 5.22. The van der Waals surface area contributed by atoms with Crippen molar-refractivity contribution in [2.24, 2.45) is 5.92 Å². The van der Waals surface area contributed by atoms with E-state index in [-0.39, 0.29) is 5.54 Å². The number of nitrogens with one attached hydrogen (secondary N) is 1. The van der Waals surface area contributed by atoms with Crippen LogP contribution in [0.25, 0.3) is 0 Å². The molecular formula is C16H26N2OS. The van der Waals surface area contributed by atoms with E-state index in [4.69, 9.17) is 9.72 Å². The van der Waals surface area contributed by atoms with Crippen LogP contribution >= 0.6 is 11.3 Å². The molecule has 0 unspecified atom stereocenters. The van der Waals surface area contributed by atoms with Crippen LogP contribution in [0.15, 0.2) is 0 Å². The zero-order valence-electron chi connectivity index (χ0n) is 12.7. The smallest absolute Gasteiger partial charge is 0.113 e. The third kappa shape index (κ3) is 2.78. The first kappa shape index (κ1) is 14.5. The minimum atomic E-state index is 0.125. The van der Waals surface area contributed by atoms with Gasteiger partial charge < -0.3 is 10.1 Å². The molecule has 0 bridgehead atoms. The van der Waals surface area contributed by atoms with Gasteiger partial charge >= 0.3 is 0 Å². The SMILES string of the molecule is COCCNC1(c2nc3c(s2)CCC3)CCC(C)CC1. The van der Waals surface area contributed by atoms with Crippen LogP contribution in [0.4, 0.5) is 0 Å². The molecule has 1 saturated carbocycles. The van der Waals surface area contributed by atoms with E-state index in [9.17, 15) is 0 Å². The second-order valence-electron chi connectivity index (χ2n) is 6.43. The highest BCUT2D eigenvalue weighted by Crippen LogP contribution is 2.42. The number of hydrogen-bond donors (Lipinski definition) is 1. The second kappa shape index (κ2) is 6.12. The van der Waals surface area contributed by atoms with E-state index in [0.29, 0.717) is 0 Å². The fourth-order valence-corrected chi connectivity index (χ4v) is 4.88. The maximum atomic E-state index is 5.22. The third-order valence-electron chi connectivity index (χ3n) is 4.90. The molecule has 2 aliphatic carbocycles. The van der Waals surface area contributed by atoms with Crippen molar-refractivity contribution in [3.05, 3.63) is 15.6 Å². The Bertz CT molecular complexity index is 428. The van der Waals surface area contributed by atoms with Gasteiger partial charge in [0.05, 0.1) is 17.8 Å². The number of nitrogens with zero attached hydrogens (tertiary/aromatic N) is 1. The van der Waals surface area contributed by atoms with Crippen LogP contribution in [-0.4, -0.2) is 25.2 Å². The van der Waals surface area contributed by atoms with Crippen molar-refractivity contribution >= 4 is 11.3 Å². The summed E-state index contributed by atoms with van der Waals surface area (Å²) in [6.07, 6.45) is 8.81. The Morgan fingerprint density at radius 2 is 2.15 bits per heavy atom. The van der Waals surface area contributed by atoms with E-state index in [1.54, 1.807) is 12.0 Å². The van der Waals surface area contributed by atoms with Gasteiger partial charge in [-0.2, -0.15) is 0 Å². The molecule has 1 aromatic rings. The fourth-order valence-electron chi connectivity index (χ4n) is 3.51. The number of ether oxygens (including phenoxy) is 1. The largest absolute Gasteiger partial charge is 0.383 e. The van der Waals surface area contributed by atoms with Gasteiger partial charge in [-0.15, -0.1) is 11.3 Å². The van der Waals surface area contributed by atoms with Crippen LogP contribution in [0.1, 0.15) is 54.6 Å². The van der Waals surface area contributed by atoms with Crippen LogP contribution in [0.3, 0.4) is 0 Å². The van der Waals surface area contributed by atoms with Gasteiger partial charge in [0.1, 0.15) is 5.01 Å². The lowest BCUT2D eigenvalue weighted by Gasteiger charge is -2.39. The number of rotatable bonds is 5. The molecule has 0 aromatic carbocycles. The lowest BCUT2D eigenvalue weighted by molar-refractivity contribution is 0.154. The number of thiazole rings is 1. The maximum Gasteiger partial charge on any atom is 0.113 e. The molecule has 1 N–H and O–H groups in total. The lowest BCUT2D eigenvalue weighted by atomic mass is 9.77. The standard InChI is InChI=1S/C16H26N2OS/c1-12-6-8-16(9-7-12,17-10-11-19-2)15-18-13-4-3-5-14(13)20-15/h12,17H,3-11H2,1-2H3. The highest BCUT2D eigenvalue weighted by Gasteiger charge is 2.38. The molecule has 0 saturated heterocycles. The molecule has 4 heteroatoms. The molecule has 0 amide bonds. The summed E-state index contributed by atoms with van der Waals surface area (Å²) in [7, 11) is 1.77. The number of methoxy groups -OCH3 is 1. The summed E-state index contributed by atoms with van der Waals surface area (Å²) in [4.78, 5) is 6.55. The Balaban J connectivity index is 1.80. The predicted molar refractivity (Wildman–Crippen MR) is 83.3 cm³/mol. The van der Waals surface area contributed by atoms with E-state index < -0.39 is 0 Å². The highest BCUT2D eigenvalue weighted by molar-refractivity contribution is 7.12. The van der Waals surface area contributed by atoms with Gasteiger partial charge in [0.25, 0.3) is 0 Å². The van der Waals surface area contributed by atoms with Crippen molar-refractivity contribution in [1.82, 2.24) is 10.3 Å². The molecule has 1 heterocycles. The van der Waals surface area contributed by atoms with E-state index in [2.05, 4.69) is 12.2 Å². The van der Waals surface area contributed by atoms with Crippen LogP contribution in [0.5, 0.6) is 0 Å². The number of aromatic nitrogens is 1. The van der Waals surface area contributed by atoms with Crippen molar-refractivity contribution < 1.29 is 4.74 Å². The molecular weight excluding hydrogens is 268 g/mol. The van der Waals surface area contributed by atoms with Crippen molar-refractivity contribution in [1.29, 1.82) is 0 Å². The summed E-state index contributed by atoms with van der Waals surface area (Å²) in [6, 6.07) is 0. The highest BCUT2D eigenvalue weighted by atomic mass is 32.1. The lowest BCUT2D eigenvalue weighted by Crippen LogP contribution is -2.46. The molecule has 112 valence electrons. The molecule has 0 spiro atoms. The quantitative estimate of drug-likeness (QED) is 0.846. The molecule has 1 aromatic heterocycles. The number of hydrogen-bond acceptors (Lipinski definition) is 4. The minimum Gasteiger partial charge on any atom is -0.383 e. The van der Waals surface area contributed by atoms with Gasteiger partial charge in [-0.1, -0.05) is 6.92 Å². The number of aryl methyl sites for hydroxylation is 2. The average Bonchev–Trinajstić information content (AvgIpc) is 3.03. The summed E-state index contributed by atoms with van der Waals surface area (Å²) in [5.41, 5.74) is 1.51. The van der Waals surface area contributed by atoms with E-state index in [1.807, 2.05) is 11.3 Å². The Morgan fingerprint density at radius 3 is 2.85 bits per heavy atom. The Kier molecular flexibility index (Phi) is 4.43. The van der Waals surface area contributed by atoms with Gasteiger partial charge in [-0.05, 0) is 50.9 Å². The van der Waals surface area contributed by atoms with Gasteiger partial charge in [0.2, 0.25) is 0 Å². The average molecular weight is 294 g/mol. The van der Waals surface area contributed by atoms with Crippen LogP contribution in [0.2, 0.25) is 0 Å². The summed E-state index contributed by atoms with van der Waals surface area (Å²) in [5, 5.41) is 5.14. The van der Waals surface area contributed by atoms with E-state index in [1.165, 1.54) is 55.6 Å². The predicted octanol–water partition coefficient (Wildman–Crippen LogP) is 3.27. The van der Waals surface area contributed by atoms with Crippen molar-refractivity contribution in [3.8, 4) is 0 Å². The zero-order valence-corrected chi connectivity index (χ0v) is 13.5. The molecule has 3 nitrogen and oxygen atoms in total. The molecule has 0 atom stereocenters. The first-order valence-electron chi connectivity index (χ1n) is 7.96. The molecule has 20 heavy (non-hydrogen) atoms. The molecule has 2 aliphatic rings. The van der Waals surface area contributed by atoms with Crippen LogP contribution in [-0.2, 0) is 23.1 Å². The third-order valence-corrected chi connectivity index (χ3v) is 6.26. The first-order chi connectivity index (χ1) is 9.73. The van der Waals surface area contributed by atoms with E-state index >= 15 is 0 Å². The monoisotopic (exact) mass is 294 g/mol. The summed E-state index contributed by atoms with van der Waals surface area (Å²) >= 11 is 1.97. The van der Waals surface area contributed by atoms with Gasteiger partial charge in [0.15, 0.2) is 0 Å². The zero-order chi connectivity index (χ0) is 14.0. The Morgan fingerprint density at radius 1 is 1.35 bits per heavy atom. The van der Waals surface area contributed by atoms with Crippen molar-refractivity contribution in [3.63, 3.8) is 0 Å². The fraction of sp³-hybridized carbons (Fsp3) is 0.812. The minimum absolute atomic E-state index is 0.125. The topological polar surface area (TPSA) is 34.1 Å². The molecule has 1 fully saturated rings. The first-order valence-corrected chi connectivity index (χ1v) is 8.78. The van der Waals surface area contributed by atoms with Crippen molar-refractivity contribution in [2.45, 2.75) is 57.4 Å². The van der Waals surface area contributed by atoms with Gasteiger partial charge in [0, 0.05) is 18.5 Å². The van der Waals surface area contributed by atoms with Gasteiger partial charge in [-0.25, -0.2) is 4.98 Å². The number of fused-ring (bicyclic) bond motifs is 1. The van der Waals surface area contributed by atoms with Crippen molar-refractivity contribution in [2.75, 3.05) is 20.3 Å². The maximum absolute atomic E-state index is 5.22.